The minimum atomic E-state index is -0.173. The minimum absolute atomic E-state index is 0.0876. The number of amides is 1. The fraction of sp³-hybridized carbons (Fsp3) is 0.214. The van der Waals surface area contributed by atoms with Crippen LogP contribution in [0.4, 0.5) is 0 Å². The highest BCUT2D eigenvalue weighted by molar-refractivity contribution is 7.17. The van der Waals surface area contributed by atoms with E-state index in [2.05, 4.69) is 15.4 Å². The van der Waals surface area contributed by atoms with Crippen molar-refractivity contribution in [3.8, 4) is 11.3 Å². The van der Waals surface area contributed by atoms with Crippen LogP contribution in [0.3, 0.4) is 0 Å². The van der Waals surface area contributed by atoms with Crippen LogP contribution in [-0.4, -0.2) is 27.2 Å². The summed E-state index contributed by atoms with van der Waals surface area (Å²) in [6.45, 7) is 2.57. The van der Waals surface area contributed by atoms with Crippen LogP contribution in [0.2, 0.25) is 5.02 Å². The highest BCUT2D eigenvalue weighted by atomic mass is 35.5. The third-order valence-electron chi connectivity index (χ3n) is 3.64. The second-order valence-corrected chi connectivity index (χ2v) is 6.30. The molecular formula is C14H11ClN4OS. The Morgan fingerprint density at radius 2 is 2.33 bits per heavy atom. The molecule has 106 valence electrons. The molecule has 0 radical (unpaired) electrons. The summed E-state index contributed by atoms with van der Waals surface area (Å²) >= 11 is 8.04. The van der Waals surface area contributed by atoms with Crippen LogP contribution >= 0.6 is 22.9 Å². The lowest BCUT2D eigenvalue weighted by Crippen LogP contribution is -2.38. The SMILES string of the molecule is C[C@H]1CNC(=O)c2c(Cl)c(-c3ccnc4ccsc34)nn21. The normalized spacial score (nSPS) is 17.8. The van der Waals surface area contributed by atoms with Crippen molar-refractivity contribution in [2.45, 2.75) is 13.0 Å². The van der Waals surface area contributed by atoms with Crippen molar-refractivity contribution >= 4 is 39.1 Å². The van der Waals surface area contributed by atoms with E-state index in [-0.39, 0.29) is 11.9 Å². The number of nitrogens with zero attached hydrogens (tertiary/aromatic N) is 3. The van der Waals surface area contributed by atoms with E-state index in [9.17, 15) is 4.79 Å². The third-order valence-corrected chi connectivity index (χ3v) is 4.94. The molecule has 0 spiro atoms. The Morgan fingerprint density at radius 1 is 1.48 bits per heavy atom. The van der Waals surface area contributed by atoms with E-state index in [0.717, 1.165) is 15.8 Å². The lowest BCUT2D eigenvalue weighted by molar-refractivity contribution is 0.0913. The summed E-state index contributed by atoms with van der Waals surface area (Å²) in [5, 5.41) is 9.81. The van der Waals surface area contributed by atoms with Crippen molar-refractivity contribution in [2.75, 3.05) is 6.54 Å². The molecule has 0 saturated heterocycles. The molecule has 0 fully saturated rings. The molecule has 1 aliphatic heterocycles. The Morgan fingerprint density at radius 3 is 3.14 bits per heavy atom. The zero-order valence-electron chi connectivity index (χ0n) is 11.1. The number of carbonyl (C=O) groups excluding carboxylic acids is 1. The number of halogens is 1. The molecule has 7 heteroatoms. The van der Waals surface area contributed by atoms with Crippen LogP contribution in [0.25, 0.3) is 21.5 Å². The summed E-state index contributed by atoms with van der Waals surface area (Å²) in [4.78, 5) is 16.4. The number of fused-ring (bicyclic) bond motifs is 2. The summed E-state index contributed by atoms with van der Waals surface area (Å²) in [5.41, 5.74) is 2.91. The molecule has 1 aliphatic rings. The van der Waals surface area contributed by atoms with Crippen molar-refractivity contribution in [2.24, 2.45) is 0 Å². The molecule has 0 aromatic carbocycles. The Labute approximate surface area is 129 Å². The zero-order chi connectivity index (χ0) is 14.6. The number of hydrogen-bond donors (Lipinski definition) is 1. The first-order valence-electron chi connectivity index (χ1n) is 6.55. The van der Waals surface area contributed by atoms with E-state index in [1.165, 1.54) is 0 Å². The van der Waals surface area contributed by atoms with Gasteiger partial charge in [0.25, 0.3) is 5.91 Å². The van der Waals surface area contributed by atoms with Crippen molar-refractivity contribution in [3.63, 3.8) is 0 Å². The fourth-order valence-electron chi connectivity index (χ4n) is 2.58. The molecule has 0 bridgehead atoms. The van der Waals surface area contributed by atoms with E-state index in [0.29, 0.717) is 23.0 Å². The molecule has 4 heterocycles. The monoisotopic (exact) mass is 318 g/mol. The van der Waals surface area contributed by atoms with Crippen LogP contribution in [-0.2, 0) is 0 Å². The Kier molecular flexibility index (Phi) is 2.77. The lowest BCUT2D eigenvalue weighted by Gasteiger charge is -2.21. The maximum atomic E-state index is 12.0. The highest BCUT2D eigenvalue weighted by Crippen LogP contribution is 2.37. The summed E-state index contributed by atoms with van der Waals surface area (Å²) in [5.74, 6) is -0.173. The van der Waals surface area contributed by atoms with Gasteiger partial charge in [0.05, 0.1) is 21.3 Å². The number of pyridine rings is 1. The Balaban J connectivity index is 2.00. The second kappa shape index (κ2) is 4.54. The number of aromatic nitrogens is 3. The van der Waals surface area contributed by atoms with Gasteiger partial charge in [-0.05, 0) is 24.4 Å². The molecule has 3 aromatic rings. The molecular weight excluding hydrogens is 308 g/mol. The maximum absolute atomic E-state index is 12.0. The molecule has 0 unspecified atom stereocenters. The van der Waals surface area contributed by atoms with Gasteiger partial charge in [-0.3, -0.25) is 14.5 Å². The number of thiophene rings is 1. The Hall–Kier alpha value is -1.92. The van der Waals surface area contributed by atoms with Gasteiger partial charge in [0.1, 0.15) is 11.4 Å². The average Bonchev–Trinajstić information content (AvgIpc) is 3.08. The van der Waals surface area contributed by atoms with Gasteiger partial charge in [0.15, 0.2) is 0 Å². The summed E-state index contributed by atoms with van der Waals surface area (Å²) < 4.78 is 2.75. The molecule has 1 N–H and O–H groups in total. The number of nitrogens with one attached hydrogen (secondary N) is 1. The van der Waals surface area contributed by atoms with Gasteiger partial charge in [-0.15, -0.1) is 11.3 Å². The summed E-state index contributed by atoms with van der Waals surface area (Å²) in [6, 6.07) is 3.94. The van der Waals surface area contributed by atoms with E-state index in [1.54, 1.807) is 22.2 Å². The molecule has 1 atom stereocenters. The van der Waals surface area contributed by atoms with Crippen LogP contribution < -0.4 is 5.32 Å². The molecule has 21 heavy (non-hydrogen) atoms. The van der Waals surface area contributed by atoms with Gasteiger partial charge < -0.3 is 5.32 Å². The van der Waals surface area contributed by atoms with Crippen molar-refractivity contribution in [1.29, 1.82) is 0 Å². The topological polar surface area (TPSA) is 59.8 Å². The quantitative estimate of drug-likeness (QED) is 0.750. The van der Waals surface area contributed by atoms with Crippen molar-refractivity contribution in [1.82, 2.24) is 20.1 Å². The highest BCUT2D eigenvalue weighted by Gasteiger charge is 2.30. The fourth-order valence-corrected chi connectivity index (χ4v) is 3.76. The van der Waals surface area contributed by atoms with Gasteiger partial charge in [-0.25, -0.2) is 0 Å². The predicted octanol–water partition coefficient (Wildman–Crippen LogP) is 3.12. The first-order chi connectivity index (χ1) is 10.2. The molecule has 4 rings (SSSR count). The van der Waals surface area contributed by atoms with Crippen LogP contribution in [0.1, 0.15) is 23.5 Å². The van der Waals surface area contributed by atoms with E-state index < -0.39 is 0 Å². The van der Waals surface area contributed by atoms with E-state index in [4.69, 9.17) is 11.6 Å². The van der Waals surface area contributed by atoms with E-state index in [1.807, 2.05) is 24.4 Å². The lowest BCUT2D eigenvalue weighted by atomic mass is 10.1. The molecule has 0 aliphatic carbocycles. The van der Waals surface area contributed by atoms with E-state index >= 15 is 0 Å². The first kappa shape index (κ1) is 12.8. The summed E-state index contributed by atoms with van der Waals surface area (Å²) in [7, 11) is 0. The standard InChI is InChI=1S/C14H11ClN4OS/c1-7-6-17-14(20)12-10(15)11(18-19(7)12)8-2-4-16-9-3-5-21-13(8)9/h2-5,7H,6H2,1H3,(H,17,20)/t7-/m0/s1. The predicted molar refractivity (Wildman–Crippen MR) is 82.9 cm³/mol. The van der Waals surface area contributed by atoms with Gasteiger partial charge in [-0.2, -0.15) is 5.10 Å². The molecule has 3 aromatic heterocycles. The largest absolute Gasteiger partial charge is 0.349 e. The molecule has 5 nitrogen and oxygen atoms in total. The molecule has 0 saturated carbocycles. The van der Waals surface area contributed by atoms with Crippen LogP contribution in [0.15, 0.2) is 23.7 Å². The van der Waals surface area contributed by atoms with Gasteiger partial charge in [0.2, 0.25) is 0 Å². The van der Waals surface area contributed by atoms with Crippen molar-refractivity contribution < 1.29 is 4.79 Å². The number of rotatable bonds is 1. The number of hydrogen-bond acceptors (Lipinski definition) is 4. The van der Waals surface area contributed by atoms with Gasteiger partial charge in [-0.1, -0.05) is 11.6 Å². The van der Waals surface area contributed by atoms with Crippen LogP contribution in [0, 0.1) is 0 Å². The smallest absolute Gasteiger partial charge is 0.271 e. The second-order valence-electron chi connectivity index (χ2n) is 5.01. The van der Waals surface area contributed by atoms with Gasteiger partial charge >= 0.3 is 0 Å². The average molecular weight is 319 g/mol. The van der Waals surface area contributed by atoms with Crippen LogP contribution in [0.5, 0.6) is 0 Å². The minimum Gasteiger partial charge on any atom is -0.349 e. The van der Waals surface area contributed by atoms with Gasteiger partial charge in [0, 0.05) is 18.3 Å². The number of carbonyl (C=O) groups is 1. The first-order valence-corrected chi connectivity index (χ1v) is 7.81. The zero-order valence-corrected chi connectivity index (χ0v) is 12.7. The Bertz CT molecular complexity index is 869. The summed E-state index contributed by atoms with van der Waals surface area (Å²) in [6.07, 6.45) is 1.74. The van der Waals surface area contributed by atoms with Crippen molar-refractivity contribution in [3.05, 3.63) is 34.4 Å². The third kappa shape index (κ3) is 1.79. The maximum Gasteiger partial charge on any atom is 0.271 e. The molecule has 1 amide bonds.